The van der Waals surface area contributed by atoms with Gasteiger partial charge in [-0.15, -0.1) is 0 Å². The number of carbonyl (C=O) groups excluding carboxylic acids is 1. The van der Waals surface area contributed by atoms with Gasteiger partial charge in [-0.05, 0) is 18.6 Å². The Balaban J connectivity index is 2.01. The number of nitrogens with zero attached hydrogens (tertiary/aromatic N) is 2. The molecule has 1 aromatic heterocycles. The summed E-state index contributed by atoms with van der Waals surface area (Å²) in [6, 6.07) is 9.04. The average Bonchev–Trinajstić information content (AvgIpc) is 2.67. The lowest BCUT2D eigenvalue weighted by Crippen LogP contribution is -2.20. The molecule has 88 valence electrons. The van der Waals surface area contributed by atoms with Crippen molar-refractivity contribution in [3.05, 3.63) is 42.1 Å². The van der Waals surface area contributed by atoms with E-state index in [4.69, 9.17) is 0 Å². The fraction of sp³-hybridized carbons (Fsp3) is 0.167. The molecule has 0 radical (unpaired) electrons. The summed E-state index contributed by atoms with van der Waals surface area (Å²) in [5.41, 5.74) is 1.81. The molecule has 2 amide bonds. The van der Waals surface area contributed by atoms with Crippen molar-refractivity contribution in [3.63, 3.8) is 0 Å². The van der Waals surface area contributed by atoms with Crippen molar-refractivity contribution in [2.24, 2.45) is 7.05 Å². The predicted octanol–water partition coefficient (Wildman–Crippen LogP) is 2.37. The molecule has 0 bridgehead atoms. The Morgan fingerprint density at radius 3 is 2.65 bits per heavy atom. The lowest BCUT2D eigenvalue weighted by molar-refractivity contribution is 0.262. The van der Waals surface area contributed by atoms with Gasteiger partial charge in [-0.1, -0.05) is 18.2 Å². The Kier molecular flexibility index (Phi) is 3.09. The molecule has 0 saturated heterocycles. The van der Waals surface area contributed by atoms with E-state index in [-0.39, 0.29) is 6.03 Å². The van der Waals surface area contributed by atoms with Crippen molar-refractivity contribution in [1.82, 2.24) is 9.78 Å². The van der Waals surface area contributed by atoms with Crippen LogP contribution in [0.2, 0.25) is 0 Å². The summed E-state index contributed by atoms with van der Waals surface area (Å²) in [5, 5.41) is 9.48. The maximum Gasteiger partial charge on any atom is 0.324 e. The van der Waals surface area contributed by atoms with Gasteiger partial charge in [0.2, 0.25) is 0 Å². The molecule has 5 nitrogen and oxygen atoms in total. The molecule has 0 spiro atoms. The molecule has 1 aromatic carbocycles. The third-order valence-corrected chi connectivity index (χ3v) is 2.35. The normalized spacial score (nSPS) is 10.0. The molecule has 0 aliphatic heterocycles. The van der Waals surface area contributed by atoms with Crippen LogP contribution in [0.25, 0.3) is 0 Å². The van der Waals surface area contributed by atoms with Crippen molar-refractivity contribution in [2.45, 2.75) is 6.92 Å². The number of urea groups is 1. The number of hydrogen-bond acceptors (Lipinski definition) is 2. The lowest BCUT2D eigenvalue weighted by atomic mass is 10.2. The summed E-state index contributed by atoms with van der Waals surface area (Å²) in [5.74, 6) is 0.526. The highest BCUT2D eigenvalue weighted by Crippen LogP contribution is 2.13. The molecule has 0 unspecified atom stereocenters. The molecular weight excluding hydrogens is 216 g/mol. The molecule has 1 heterocycles. The van der Waals surface area contributed by atoms with E-state index in [1.54, 1.807) is 24.0 Å². The summed E-state index contributed by atoms with van der Waals surface area (Å²) in [4.78, 5) is 11.7. The summed E-state index contributed by atoms with van der Waals surface area (Å²) in [6.07, 6.45) is 1.77. The SMILES string of the molecule is Cc1ccccc1NC(=O)Nc1ccn(C)n1. The summed E-state index contributed by atoms with van der Waals surface area (Å²) >= 11 is 0. The first-order valence-electron chi connectivity index (χ1n) is 5.28. The molecule has 0 saturated carbocycles. The van der Waals surface area contributed by atoms with Gasteiger partial charge in [0.1, 0.15) is 0 Å². The summed E-state index contributed by atoms with van der Waals surface area (Å²) in [6.45, 7) is 1.94. The lowest BCUT2D eigenvalue weighted by Gasteiger charge is -2.07. The van der Waals surface area contributed by atoms with Crippen LogP contribution in [0.3, 0.4) is 0 Å². The second kappa shape index (κ2) is 4.69. The molecule has 2 aromatic rings. The Morgan fingerprint density at radius 1 is 1.24 bits per heavy atom. The van der Waals surface area contributed by atoms with Crippen LogP contribution in [0.4, 0.5) is 16.3 Å². The fourth-order valence-electron chi connectivity index (χ4n) is 1.46. The van der Waals surface area contributed by atoms with Gasteiger partial charge in [0.05, 0.1) is 0 Å². The van der Waals surface area contributed by atoms with E-state index < -0.39 is 0 Å². The second-order valence-electron chi connectivity index (χ2n) is 3.77. The van der Waals surface area contributed by atoms with Gasteiger partial charge in [-0.3, -0.25) is 10.00 Å². The monoisotopic (exact) mass is 230 g/mol. The first kappa shape index (κ1) is 11.2. The molecule has 0 aliphatic carbocycles. The third kappa shape index (κ3) is 2.84. The average molecular weight is 230 g/mol. The molecule has 0 fully saturated rings. The van der Waals surface area contributed by atoms with Crippen LogP contribution >= 0.6 is 0 Å². The van der Waals surface area contributed by atoms with Crippen molar-refractivity contribution in [3.8, 4) is 0 Å². The number of para-hydroxylation sites is 1. The standard InChI is InChI=1S/C12H14N4O/c1-9-5-3-4-6-10(9)13-12(17)14-11-7-8-16(2)15-11/h3-8H,1-2H3,(H2,13,14,15,17). The summed E-state index contributed by atoms with van der Waals surface area (Å²) in [7, 11) is 1.80. The Bertz CT molecular complexity index is 533. The largest absolute Gasteiger partial charge is 0.324 e. The number of amides is 2. The molecular formula is C12H14N4O. The van der Waals surface area contributed by atoms with Gasteiger partial charge in [0, 0.05) is 25.0 Å². The van der Waals surface area contributed by atoms with E-state index in [9.17, 15) is 4.79 Å². The highest BCUT2D eigenvalue weighted by atomic mass is 16.2. The maximum absolute atomic E-state index is 11.7. The first-order chi connectivity index (χ1) is 8.15. The number of nitrogens with one attached hydrogen (secondary N) is 2. The Morgan fingerprint density at radius 2 is 2.00 bits per heavy atom. The molecule has 2 rings (SSSR count). The van der Waals surface area contributed by atoms with E-state index in [1.807, 2.05) is 31.2 Å². The van der Waals surface area contributed by atoms with Crippen molar-refractivity contribution >= 4 is 17.5 Å². The van der Waals surface area contributed by atoms with Crippen LogP contribution < -0.4 is 10.6 Å². The highest BCUT2D eigenvalue weighted by molar-refractivity contribution is 5.99. The van der Waals surface area contributed by atoms with E-state index >= 15 is 0 Å². The van der Waals surface area contributed by atoms with E-state index in [1.165, 1.54) is 0 Å². The first-order valence-corrected chi connectivity index (χ1v) is 5.28. The minimum atomic E-state index is -0.294. The Labute approximate surface area is 99.5 Å². The van der Waals surface area contributed by atoms with Crippen molar-refractivity contribution in [2.75, 3.05) is 10.6 Å². The number of rotatable bonds is 2. The molecule has 17 heavy (non-hydrogen) atoms. The minimum absolute atomic E-state index is 0.294. The van der Waals surface area contributed by atoms with Gasteiger partial charge in [0.25, 0.3) is 0 Å². The van der Waals surface area contributed by atoms with Gasteiger partial charge in [-0.25, -0.2) is 4.79 Å². The van der Waals surface area contributed by atoms with E-state index in [0.29, 0.717) is 5.82 Å². The Hall–Kier alpha value is -2.30. The van der Waals surface area contributed by atoms with Crippen LogP contribution in [0.5, 0.6) is 0 Å². The molecule has 2 N–H and O–H groups in total. The van der Waals surface area contributed by atoms with Gasteiger partial charge in [-0.2, -0.15) is 5.10 Å². The van der Waals surface area contributed by atoms with Crippen LogP contribution in [-0.2, 0) is 7.05 Å². The maximum atomic E-state index is 11.7. The van der Waals surface area contributed by atoms with Crippen molar-refractivity contribution in [1.29, 1.82) is 0 Å². The van der Waals surface area contributed by atoms with Crippen LogP contribution in [-0.4, -0.2) is 15.8 Å². The fourth-order valence-corrected chi connectivity index (χ4v) is 1.46. The highest BCUT2D eigenvalue weighted by Gasteiger charge is 2.05. The van der Waals surface area contributed by atoms with Crippen LogP contribution in [0, 0.1) is 6.92 Å². The number of hydrogen-bond donors (Lipinski definition) is 2. The van der Waals surface area contributed by atoms with E-state index in [0.717, 1.165) is 11.3 Å². The number of anilines is 2. The van der Waals surface area contributed by atoms with Gasteiger partial charge in [0.15, 0.2) is 5.82 Å². The summed E-state index contributed by atoms with van der Waals surface area (Å²) < 4.78 is 1.63. The zero-order chi connectivity index (χ0) is 12.3. The third-order valence-electron chi connectivity index (χ3n) is 2.35. The van der Waals surface area contributed by atoms with E-state index in [2.05, 4.69) is 15.7 Å². The van der Waals surface area contributed by atoms with Gasteiger partial charge >= 0.3 is 6.03 Å². The molecule has 0 atom stereocenters. The quantitative estimate of drug-likeness (QED) is 0.832. The predicted molar refractivity (Wildman–Crippen MR) is 67.0 cm³/mol. The zero-order valence-corrected chi connectivity index (χ0v) is 9.77. The molecule has 5 heteroatoms. The zero-order valence-electron chi connectivity index (χ0n) is 9.77. The van der Waals surface area contributed by atoms with Crippen LogP contribution in [0.15, 0.2) is 36.5 Å². The van der Waals surface area contributed by atoms with Crippen LogP contribution in [0.1, 0.15) is 5.56 Å². The number of benzene rings is 1. The number of aryl methyl sites for hydroxylation is 2. The topological polar surface area (TPSA) is 59.0 Å². The molecule has 0 aliphatic rings. The number of aromatic nitrogens is 2. The second-order valence-corrected chi connectivity index (χ2v) is 3.77. The smallest absolute Gasteiger partial charge is 0.307 e. The minimum Gasteiger partial charge on any atom is -0.307 e. The van der Waals surface area contributed by atoms with Crippen molar-refractivity contribution < 1.29 is 4.79 Å². The number of carbonyl (C=O) groups is 1. The van der Waals surface area contributed by atoms with Gasteiger partial charge < -0.3 is 5.32 Å².